The van der Waals surface area contributed by atoms with E-state index in [-0.39, 0.29) is 17.2 Å². The SMILES string of the molecule is CC(C)(C)/C=N/NC(=O)C1CCCCC1. The van der Waals surface area contributed by atoms with Crippen LogP contribution in [0.3, 0.4) is 0 Å². The van der Waals surface area contributed by atoms with Crippen LogP contribution >= 0.6 is 0 Å². The third kappa shape index (κ3) is 4.96. The van der Waals surface area contributed by atoms with Gasteiger partial charge in [-0.3, -0.25) is 4.79 Å². The lowest BCUT2D eigenvalue weighted by Gasteiger charge is -2.19. The van der Waals surface area contributed by atoms with Gasteiger partial charge in [0.05, 0.1) is 0 Å². The molecule has 1 N–H and O–H groups in total. The lowest BCUT2D eigenvalue weighted by Crippen LogP contribution is -2.29. The highest BCUT2D eigenvalue weighted by molar-refractivity contribution is 5.79. The molecule has 3 heteroatoms. The van der Waals surface area contributed by atoms with E-state index >= 15 is 0 Å². The summed E-state index contributed by atoms with van der Waals surface area (Å²) in [7, 11) is 0. The Hall–Kier alpha value is -0.860. The second-order valence-corrected chi connectivity index (χ2v) is 5.44. The van der Waals surface area contributed by atoms with Crippen molar-refractivity contribution in [2.24, 2.45) is 16.4 Å². The Morgan fingerprint density at radius 2 is 1.87 bits per heavy atom. The Morgan fingerprint density at radius 1 is 1.27 bits per heavy atom. The van der Waals surface area contributed by atoms with Crippen molar-refractivity contribution >= 4 is 12.1 Å². The van der Waals surface area contributed by atoms with Crippen LogP contribution in [0.25, 0.3) is 0 Å². The summed E-state index contributed by atoms with van der Waals surface area (Å²) in [5.41, 5.74) is 2.67. The topological polar surface area (TPSA) is 41.5 Å². The van der Waals surface area contributed by atoms with Gasteiger partial charge in [-0.2, -0.15) is 5.10 Å². The average molecular weight is 210 g/mol. The molecule has 0 aromatic rings. The molecule has 0 atom stereocenters. The third-order valence-electron chi connectivity index (χ3n) is 2.60. The Morgan fingerprint density at radius 3 is 2.40 bits per heavy atom. The largest absolute Gasteiger partial charge is 0.273 e. The van der Waals surface area contributed by atoms with Crippen LogP contribution in [0.4, 0.5) is 0 Å². The summed E-state index contributed by atoms with van der Waals surface area (Å²) in [5, 5.41) is 3.99. The molecule has 1 rings (SSSR count). The van der Waals surface area contributed by atoms with Gasteiger partial charge in [0.2, 0.25) is 5.91 Å². The van der Waals surface area contributed by atoms with E-state index in [1.54, 1.807) is 6.21 Å². The molecule has 0 aromatic carbocycles. The molecule has 0 aromatic heterocycles. The van der Waals surface area contributed by atoms with Crippen LogP contribution in [0.5, 0.6) is 0 Å². The molecule has 86 valence electrons. The minimum Gasteiger partial charge on any atom is -0.273 e. The van der Waals surface area contributed by atoms with E-state index in [9.17, 15) is 4.79 Å². The standard InChI is InChI=1S/C12H22N2O/c1-12(2,3)9-13-14-11(15)10-7-5-4-6-8-10/h9-10H,4-8H2,1-3H3,(H,14,15)/b13-9+. The van der Waals surface area contributed by atoms with E-state index in [0.29, 0.717) is 0 Å². The number of hydrogen-bond acceptors (Lipinski definition) is 2. The Kier molecular flexibility index (Phi) is 4.30. The lowest BCUT2D eigenvalue weighted by atomic mass is 9.89. The molecule has 0 spiro atoms. The minimum absolute atomic E-state index is 0.0276. The van der Waals surface area contributed by atoms with Gasteiger partial charge in [-0.15, -0.1) is 0 Å². The molecule has 1 aliphatic carbocycles. The van der Waals surface area contributed by atoms with Crippen molar-refractivity contribution in [2.75, 3.05) is 0 Å². The van der Waals surface area contributed by atoms with Gasteiger partial charge in [-0.1, -0.05) is 40.0 Å². The molecule has 15 heavy (non-hydrogen) atoms. The maximum atomic E-state index is 11.7. The van der Waals surface area contributed by atoms with Crippen LogP contribution < -0.4 is 5.43 Å². The summed E-state index contributed by atoms with van der Waals surface area (Å²) in [6.07, 6.45) is 7.47. The van der Waals surface area contributed by atoms with Crippen LogP contribution in [0, 0.1) is 11.3 Å². The van der Waals surface area contributed by atoms with Crippen LogP contribution in [0.1, 0.15) is 52.9 Å². The zero-order valence-corrected chi connectivity index (χ0v) is 10.0. The van der Waals surface area contributed by atoms with Crippen molar-refractivity contribution in [1.82, 2.24) is 5.43 Å². The molecule has 0 radical (unpaired) electrons. The maximum Gasteiger partial charge on any atom is 0.243 e. The van der Waals surface area contributed by atoms with Crippen molar-refractivity contribution in [3.63, 3.8) is 0 Å². The zero-order valence-electron chi connectivity index (χ0n) is 10.0. The number of carbonyl (C=O) groups excluding carboxylic acids is 1. The molecule has 1 aliphatic rings. The first kappa shape index (κ1) is 12.2. The molecule has 1 fully saturated rings. The highest BCUT2D eigenvalue weighted by Crippen LogP contribution is 2.23. The van der Waals surface area contributed by atoms with Gasteiger partial charge in [-0.05, 0) is 18.3 Å². The molecule has 0 aliphatic heterocycles. The number of hydrogen-bond donors (Lipinski definition) is 1. The zero-order chi connectivity index (χ0) is 11.3. The van der Waals surface area contributed by atoms with Crippen LogP contribution in [-0.2, 0) is 4.79 Å². The normalized spacial score (nSPS) is 19.4. The van der Waals surface area contributed by atoms with Crippen LogP contribution in [0.15, 0.2) is 5.10 Å². The maximum absolute atomic E-state index is 11.7. The summed E-state index contributed by atoms with van der Waals surface area (Å²) in [6.45, 7) is 6.18. The van der Waals surface area contributed by atoms with Crippen LogP contribution in [0.2, 0.25) is 0 Å². The van der Waals surface area contributed by atoms with Crippen molar-refractivity contribution in [1.29, 1.82) is 0 Å². The van der Waals surface area contributed by atoms with Gasteiger partial charge in [0.15, 0.2) is 0 Å². The van der Waals surface area contributed by atoms with E-state index in [0.717, 1.165) is 12.8 Å². The number of rotatable bonds is 2. The molecule has 1 saturated carbocycles. The summed E-state index contributed by atoms with van der Waals surface area (Å²) < 4.78 is 0. The molecule has 0 bridgehead atoms. The van der Waals surface area contributed by atoms with Gasteiger partial charge < -0.3 is 0 Å². The Labute approximate surface area is 92.3 Å². The summed E-state index contributed by atoms with van der Waals surface area (Å²) >= 11 is 0. The van der Waals surface area contributed by atoms with Gasteiger partial charge in [0.1, 0.15) is 0 Å². The molecule has 1 amide bonds. The Balaban J connectivity index is 2.32. The van der Waals surface area contributed by atoms with E-state index in [2.05, 4.69) is 31.3 Å². The number of amides is 1. The second kappa shape index (κ2) is 5.29. The predicted octanol–water partition coefficient (Wildman–Crippen LogP) is 2.71. The predicted molar refractivity (Wildman–Crippen MR) is 62.7 cm³/mol. The summed E-state index contributed by atoms with van der Waals surface area (Å²) in [4.78, 5) is 11.7. The summed E-state index contributed by atoms with van der Waals surface area (Å²) in [6, 6.07) is 0. The number of carbonyl (C=O) groups is 1. The fourth-order valence-electron chi connectivity index (χ4n) is 1.75. The molecular formula is C12H22N2O. The van der Waals surface area contributed by atoms with E-state index in [1.807, 2.05) is 0 Å². The number of hydrazone groups is 1. The highest BCUT2D eigenvalue weighted by atomic mass is 16.2. The van der Waals surface area contributed by atoms with Crippen molar-refractivity contribution in [2.45, 2.75) is 52.9 Å². The van der Waals surface area contributed by atoms with Gasteiger partial charge in [0, 0.05) is 12.1 Å². The summed E-state index contributed by atoms with van der Waals surface area (Å²) in [5.74, 6) is 0.283. The first-order valence-corrected chi connectivity index (χ1v) is 5.83. The van der Waals surface area contributed by atoms with Crippen molar-refractivity contribution < 1.29 is 4.79 Å². The molecule has 0 unspecified atom stereocenters. The van der Waals surface area contributed by atoms with Crippen molar-refractivity contribution in [3.8, 4) is 0 Å². The van der Waals surface area contributed by atoms with Gasteiger partial charge in [0.25, 0.3) is 0 Å². The first-order chi connectivity index (χ1) is 6.99. The molecule has 0 saturated heterocycles. The Bertz CT molecular complexity index is 234. The third-order valence-corrected chi connectivity index (χ3v) is 2.60. The van der Waals surface area contributed by atoms with E-state index in [4.69, 9.17) is 0 Å². The highest BCUT2D eigenvalue weighted by Gasteiger charge is 2.20. The first-order valence-electron chi connectivity index (χ1n) is 5.83. The molecular weight excluding hydrogens is 188 g/mol. The average Bonchev–Trinajstić information content (AvgIpc) is 2.17. The lowest BCUT2D eigenvalue weighted by molar-refractivity contribution is -0.125. The van der Waals surface area contributed by atoms with E-state index < -0.39 is 0 Å². The van der Waals surface area contributed by atoms with E-state index in [1.165, 1.54) is 19.3 Å². The second-order valence-electron chi connectivity index (χ2n) is 5.44. The van der Waals surface area contributed by atoms with Crippen molar-refractivity contribution in [3.05, 3.63) is 0 Å². The van der Waals surface area contributed by atoms with Crippen LogP contribution in [-0.4, -0.2) is 12.1 Å². The minimum atomic E-state index is 0.0276. The quantitative estimate of drug-likeness (QED) is 0.552. The fourth-order valence-corrected chi connectivity index (χ4v) is 1.75. The number of nitrogens with one attached hydrogen (secondary N) is 1. The van der Waals surface area contributed by atoms with Gasteiger partial charge in [-0.25, -0.2) is 5.43 Å². The molecule has 3 nitrogen and oxygen atoms in total. The van der Waals surface area contributed by atoms with Gasteiger partial charge >= 0.3 is 0 Å². The smallest absolute Gasteiger partial charge is 0.243 e. The number of nitrogens with zero attached hydrogens (tertiary/aromatic N) is 1. The fraction of sp³-hybridized carbons (Fsp3) is 0.833. The molecule has 0 heterocycles. The monoisotopic (exact) mass is 210 g/mol.